The molecular weight excluding hydrogens is 400 g/mol. The number of sulfonamides is 1. The molecule has 0 spiro atoms. The number of hydrogen-bond acceptors (Lipinski definition) is 6. The number of benzene rings is 1. The largest absolute Gasteiger partial charge is 0.497 e. The molecule has 0 aliphatic carbocycles. The number of nitrogens with one attached hydrogen (secondary N) is 1. The van der Waals surface area contributed by atoms with Crippen LogP contribution in [-0.2, 0) is 10.0 Å². The number of methoxy groups -OCH3 is 1. The van der Waals surface area contributed by atoms with E-state index >= 15 is 0 Å². The number of anilines is 2. The molecule has 30 heavy (non-hydrogen) atoms. The zero-order valence-corrected chi connectivity index (χ0v) is 18.9. The van der Waals surface area contributed by atoms with Crippen LogP contribution in [0.2, 0.25) is 0 Å². The molecule has 1 aliphatic rings. The van der Waals surface area contributed by atoms with E-state index in [9.17, 15) is 8.42 Å². The molecule has 0 atom stereocenters. The van der Waals surface area contributed by atoms with Crippen LogP contribution in [0.1, 0.15) is 33.1 Å². The Hall–Kier alpha value is -2.32. The highest BCUT2D eigenvalue weighted by Gasteiger charge is 2.20. The number of hydrogen-bond donors (Lipinski definition) is 1. The van der Waals surface area contributed by atoms with Crippen molar-refractivity contribution in [2.24, 2.45) is 0 Å². The summed E-state index contributed by atoms with van der Waals surface area (Å²) in [7, 11) is -1.87. The third kappa shape index (κ3) is 5.43. The molecule has 2 heterocycles. The Morgan fingerprint density at radius 1 is 1.00 bits per heavy atom. The molecule has 0 saturated carbocycles. The molecule has 0 unspecified atom stereocenters. The SMILES string of the molecule is CCC(CC)NS(=O)(=O)c1ccc(N2CCCN(c3ccc(OC)cc3)CC2)nc1. The summed E-state index contributed by atoms with van der Waals surface area (Å²) in [6.45, 7) is 7.52. The predicted molar refractivity (Wildman–Crippen MR) is 121 cm³/mol. The van der Waals surface area contributed by atoms with Crippen molar-refractivity contribution in [2.75, 3.05) is 43.1 Å². The summed E-state index contributed by atoms with van der Waals surface area (Å²) in [6.07, 6.45) is 4.00. The van der Waals surface area contributed by atoms with Gasteiger partial charge in [0, 0.05) is 44.1 Å². The van der Waals surface area contributed by atoms with Gasteiger partial charge in [-0.25, -0.2) is 18.1 Å². The summed E-state index contributed by atoms with van der Waals surface area (Å²) in [6, 6.07) is 11.5. The third-order valence-electron chi connectivity index (χ3n) is 5.60. The number of ether oxygens (including phenoxy) is 1. The topological polar surface area (TPSA) is 74.8 Å². The first kappa shape index (κ1) is 22.4. The average molecular weight is 433 g/mol. The maximum Gasteiger partial charge on any atom is 0.242 e. The molecule has 0 amide bonds. The van der Waals surface area contributed by atoms with E-state index < -0.39 is 10.0 Å². The molecule has 7 nitrogen and oxygen atoms in total. The van der Waals surface area contributed by atoms with Gasteiger partial charge in [-0.15, -0.1) is 0 Å². The van der Waals surface area contributed by atoms with Crippen LogP contribution in [0, 0.1) is 0 Å². The van der Waals surface area contributed by atoms with Gasteiger partial charge in [-0.05, 0) is 55.7 Å². The van der Waals surface area contributed by atoms with Crippen molar-refractivity contribution < 1.29 is 13.2 Å². The van der Waals surface area contributed by atoms with Crippen molar-refractivity contribution >= 4 is 21.5 Å². The zero-order valence-electron chi connectivity index (χ0n) is 18.0. The maximum absolute atomic E-state index is 12.6. The van der Waals surface area contributed by atoms with Crippen LogP contribution < -0.4 is 19.3 Å². The summed E-state index contributed by atoms with van der Waals surface area (Å²) >= 11 is 0. The molecular formula is C22H32N4O3S. The highest BCUT2D eigenvalue weighted by atomic mass is 32.2. The molecule has 1 aliphatic heterocycles. The van der Waals surface area contributed by atoms with Gasteiger partial charge in [-0.3, -0.25) is 0 Å². The fourth-order valence-electron chi connectivity index (χ4n) is 3.66. The fourth-order valence-corrected chi connectivity index (χ4v) is 5.01. The van der Waals surface area contributed by atoms with Crippen molar-refractivity contribution in [1.82, 2.24) is 9.71 Å². The van der Waals surface area contributed by atoms with E-state index in [1.165, 1.54) is 11.9 Å². The monoisotopic (exact) mass is 432 g/mol. The first-order valence-corrected chi connectivity index (χ1v) is 12.1. The lowest BCUT2D eigenvalue weighted by atomic mass is 10.2. The lowest BCUT2D eigenvalue weighted by Gasteiger charge is -2.24. The predicted octanol–water partition coefficient (Wildman–Crippen LogP) is 3.27. The molecule has 0 radical (unpaired) electrons. The van der Waals surface area contributed by atoms with Crippen LogP contribution in [-0.4, -0.2) is 52.7 Å². The average Bonchev–Trinajstić information content (AvgIpc) is 3.04. The van der Waals surface area contributed by atoms with Crippen LogP contribution in [0.3, 0.4) is 0 Å². The summed E-state index contributed by atoms with van der Waals surface area (Å²) in [5.74, 6) is 1.67. The van der Waals surface area contributed by atoms with E-state index in [2.05, 4.69) is 31.6 Å². The molecule has 0 bridgehead atoms. The molecule has 8 heteroatoms. The number of aromatic nitrogens is 1. The maximum atomic E-state index is 12.6. The molecule has 3 rings (SSSR count). The Balaban J connectivity index is 1.65. The van der Waals surface area contributed by atoms with E-state index in [1.807, 2.05) is 32.0 Å². The molecule has 1 N–H and O–H groups in total. The van der Waals surface area contributed by atoms with Gasteiger partial charge in [-0.2, -0.15) is 0 Å². The lowest BCUT2D eigenvalue weighted by Crippen LogP contribution is -2.34. The van der Waals surface area contributed by atoms with Crippen molar-refractivity contribution in [2.45, 2.75) is 44.0 Å². The van der Waals surface area contributed by atoms with Crippen LogP contribution in [0.4, 0.5) is 11.5 Å². The van der Waals surface area contributed by atoms with Crippen molar-refractivity contribution in [3.05, 3.63) is 42.6 Å². The van der Waals surface area contributed by atoms with E-state index in [0.29, 0.717) is 0 Å². The van der Waals surface area contributed by atoms with Crippen LogP contribution >= 0.6 is 0 Å². The van der Waals surface area contributed by atoms with Gasteiger partial charge in [0.15, 0.2) is 0 Å². The van der Waals surface area contributed by atoms with E-state index in [4.69, 9.17) is 4.74 Å². The summed E-state index contributed by atoms with van der Waals surface area (Å²) in [5.41, 5.74) is 1.18. The Kier molecular flexibility index (Phi) is 7.55. The van der Waals surface area contributed by atoms with Crippen LogP contribution in [0.5, 0.6) is 5.75 Å². The highest BCUT2D eigenvalue weighted by Crippen LogP contribution is 2.22. The second-order valence-electron chi connectivity index (χ2n) is 7.51. The fraction of sp³-hybridized carbons (Fsp3) is 0.500. The quantitative estimate of drug-likeness (QED) is 0.690. The molecule has 1 saturated heterocycles. The highest BCUT2D eigenvalue weighted by molar-refractivity contribution is 7.89. The van der Waals surface area contributed by atoms with Gasteiger partial charge in [-0.1, -0.05) is 13.8 Å². The van der Waals surface area contributed by atoms with E-state index in [0.717, 1.165) is 57.0 Å². The minimum Gasteiger partial charge on any atom is -0.497 e. The van der Waals surface area contributed by atoms with Crippen molar-refractivity contribution in [3.63, 3.8) is 0 Å². The normalized spacial score (nSPS) is 15.3. The second kappa shape index (κ2) is 10.1. The lowest BCUT2D eigenvalue weighted by molar-refractivity contribution is 0.415. The first-order chi connectivity index (χ1) is 14.5. The van der Waals surface area contributed by atoms with Gasteiger partial charge >= 0.3 is 0 Å². The van der Waals surface area contributed by atoms with Gasteiger partial charge in [0.05, 0.1) is 7.11 Å². The molecule has 1 aromatic heterocycles. The number of nitrogens with zero attached hydrogens (tertiary/aromatic N) is 3. The van der Waals surface area contributed by atoms with Gasteiger partial charge in [0.1, 0.15) is 16.5 Å². The smallest absolute Gasteiger partial charge is 0.242 e. The van der Waals surface area contributed by atoms with Crippen molar-refractivity contribution in [3.8, 4) is 5.75 Å². The minimum atomic E-state index is -3.54. The Labute approximate surface area is 180 Å². The zero-order chi connectivity index (χ0) is 21.6. The molecule has 1 fully saturated rings. The Morgan fingerprint density at radius 3 is 2.27 bits per heavy atom. The second-order valence-corrected chi connectivity index (χ2v) is 9.23. The van der Waals surface area contributed by atoms with E-state index in [-0.39, 0.29) is 10.9 Å². The Morgan fingerprint density at radius 2 is 1.67 bits per heavy atom. The number of pyridine rings is 1. The summed E-state index contributed by atoms with van der Waals surface area (Å²) < 4.78 is 33.1. The van der Waals surface area contributed by atoms with Crippen molar-refractivity contribution in [1.29, 1.82) is 0 Å². The van der Waals surface area contributed by atoms with Gasteiger partial charge in [0.2, 0.25) is 10.0 Å². The minimum absolute atomic E-state index is 0.0516. The molecule has 1 aromatic carbocycles. The summed E-state index contributed by atoms with van der Waals surface area (Å²) in [5, 5.41) is 0. The van der Waals surface area contributed by atoms with Crippen LogP contribution in [0.25, 0.3) is 0 Å². The summed E-state index contributed by atoms with van der Waals surface area (Å²) in [4.78, 5) is 9.25. The Bertz CT molecular complexity index is 897. The molecule has 2 aromatic rings. The first-order valence-electron chi connectivity index (χ1n) is 10.6. The third-order valence-corrected chi connectivity index (χ3v) is 7.10. The standard InChI is InChI=1S/C22H32N4O3S/c1-4-18(5-2)24-30(27,28)21-11-12-22(23-17-21)26-14-6-13-25(15-16-26)19-7-9-20(29-3)10-8-19/h7-12,17-18,24H,4-6,13-16H2,1-3H3. The van der Waals surface area contributed by atoms with Crippen LogP contribution in [0.15, 0.2) is 47.5 Å². The number of rotatable bonds is 8. The van der Waals surface area contributed by atoms with E-state index in [1.54, 1.807) is 13.2 Å². The van der Waals surface area contributed by atoms with Gasteiger partial charge in [0.25, 0.3) is 0 Å². The van der Waals surface area contributed by atoms with Gasteiger partial charge < -0.3 is 14.5 Å². The molecule has 164 valence electrons.